The van der Waals surface area contributed by atoms with Crippen molar-refractivity contribution >= 4 is 0 Å². The van der Waals surface area contributed by atoms with E-state index in [1.807, 2.05) is 6.07 Å². The number of hydrogen-bond acceptors (Lipinski definition) is 3. The molecule has 68 valence electrons. The standard InChI is InChI=1S/C8H10N4O/c1-12-5-7(10-11-12)8(13)6-3-2-4-9-6/h2-5,8-9,13H,1H3. The molecule has 0 bridgehead atoms. The first-order chi connectivity index (χ1) is 6.27. The van der Waals surface area contributed by atoms with Crippen molar-refractivity contribution in [3.05, 3.63) is 35.9 Å². The van der Waals surface area contributed by atoms with Crippen molar-refractivity contribution in [1.82, 2.24) is 20.0 Å². The van der Waals surface area contributed by atoms with Gasteiger partial charge in [0.15, 0.2) is 0 Å². The second-order valence-corrected chi connectivity index (χ2v) is 2.85. The van der Waals surface area contributed by atoms with Gasteiger partial charge >= 0.3 is 0 Å². The minimum Gasteiger partial charge on any atom is -0.380 e. The summed E-state index contributed by atoms with van der Waals surface area (Å²) in [6, 6.07) is 3.63. The molecule has 2 heterocycles. The van der Waals surface area contributed by atoms with Crippen LogP contribution in [0, 0.1) is 0 Å². The van der Waals surface area contributed by atoms with E-state index in [0.717, 1.165) is 5.69 Å². The van der Waals surface area contributed by atoms with Gasteiger partial charge in [-0.05, 0) is 12.1 Å². The molecule has 5 heteroatoms. The maximum Gasteiger partial charge on any atom is 0.139 e. The van der Waals surface area contributed by atoms with E-state index in [9.17, 15) is 5.11 Å². The number of aromatic nitrogens is 4. The lowest BCUT2D eigenvalue weighted by Gasteiger charge is -2.02. The van der Waals surface area contributed by atoms with Gasteiger partial charge in [0.25, 0.3) is 0 Å². The van der Waals surface area contributed by atoms with Gasteiger partial charge in [0.05, 0.1) is 11.9 Å². The van der Waals surface area contributed by atoms with Gasteiger partial charge in [-0.2, -0.15) is 0 Å². The smallest absolute Gasteiger partial charge is 0.139 e. The van der Waals surface area contributed by atoms with Crippen molar-refractivity contribution in [3.8, 4) is 0 Å². The lowest BCUT2D eigenvalue weighted by Crippen LogP contribution is -2.00. The highest BCUT2D eigenvalue weighted by atomic mass is 16.3. The molecule has 0 amide bonds. The predicted octanol–water partition coefficient (Wildman–Crippen LogP) is 0.225. The lowest BCUT2D eigenvalue weighted by molar-refractivity contribution is 0.211. The quantitative estimate of drug-likeness (QED) is 0.691. The molecule has 2 aromatic rings. The van der Waals surface area contributed by atoms with Crippen LogP contribution in [0.5, 0.6) is 0 Å². The van der Waals surface area contributed by atoms with Crippen molar-refractivity contribution in [2.75, 3.05) is 0 Å². The lowest BCUT2D eigenvalue weighted by atomic mass is 10.2. The van der Waals surface area contributed by atoms with Crippen LogP contribution in [0.25, 0.3) is 0 Å². The molecular formula is C8H10N4O. The summed E-state index contributed by atoms with van der Waals surface area (Å²) in [4.78, 5) is 2.92. The fourth-order valence-electron chi connectivity index (χ4n) is 1.16. The van der Waals surface area contributed by atoms with Crippen LogP contribution >= 0.6 is 0 Å². The van der Waals surface area contributed by atoms with E-state index >= 15 is 0 Å². The highest BCUT2D eigenvalue weighted by molar-refractivity contribution is 5.16. The minimum atomic E-state index is -0.719. The van der Waals surface area contributed by atoms with Gasteiger partial charge in [0.1, 0.15) is 11.8 Å². The van der Waals surface area contributed by atoms with Gasteiger partial charge < -0.3 is 10.1 Å². The zero-order chi connectivity index (χ0) is 9.26. The second-order valence-electron chi connectivity index (χ2n) is 2.85. The number of hydrogen-bond donors (Lipinski definition) is 2. The van der Waals surface area contributed by atoms with Crippen LogP contribution in [0.4, 0.5) is 0 Å². The van der Waals surface area contributed by atoms with E-state index in [1.54, 1.807) is 30.2 Å². The van der Waals surface area contributed by atoms with Gasteiger partial charge in [0.2, 0.25) is 0 Å². The molecule has 0 aliphatic heterocycles. The van der Waals surface area contributed by atoms with Crippen molar-refractivity contribution < 1.29 is 5.11 Å². The van der Waals surface area contributed by atoms with Crippen molar-refractivity contribution in [2.45, 2.75) is 6.10 Å². The third-order valence-corrected chi connectivity index (χ3v) is 1.82. The third-order valence-electron chi connectivity index (χ3n) is 1.82. The zero-order valence-electron chi connectivity index (χ0n) is 7.18. The first-order valence-electron chi connectivity index (χ1n) is 3.95. The molecule has 0 aromatic carbocycles. The van der Waals surface area contributed by atoms with E-state index in [-0.39, 0.29) is 0 Å². The summed E-state index contributed by atoms with van der Waals surface area (Å²) in [6.45, 7) is 0. The van der Waals surface area contributed by atoms with E-state index in [2.05, 4.69) is 15.3 Å². The van der Waals surface area contributed by atoms with Gasteiger partial charge in [-0.1, -0.05) is 5.21 Å². The van der Waals surface area contributed by atoms with Gasteiger partial charge in [-0.3, -0.25) is 4.68 Å². The predicted molar refractivity (Wildman–Crippen MR) is 45.9 cm³/mol. The molecule has 0 saturated heterocycles. The molecule has 5 nitrogen and oxygen atoms in total. The Bertz CT molecular complexity index is 379. The molecule has 13 heavy (non-hydrogen) atoms. The fraction of sp³-hybridized carbons (Fsp3) is 0.250. The summed E-state index contributed by atoms with van der Waals surface area (Å²) in [5, 5.41) is 17.3. The number of aromatic amines is 1. The summed E-state index contributed by atoms with van der Waals surface area (Å²) in [6.07, 6.45) is 2.73. The molecule has 0 aliphatic carbocycles. The molecule has 1 atom stereocenters. The maximum atomic E-state index is 9.75. The number of aliphatic hydroxyl groups is 1. The number of nitrogens with one attached hydrogen (secondary N) is 1. The minimum absolute atomic E-state index is 0.546. The topological polar surface area (TPSA) is 66.7 Å². The van der Waals surface area contributed by atoms with E-state index in [1.165, 1.54) is 0 Å². The van der Waals surface area contributed by atoms with Gasteiger partial charge in [-0.15, -0.1) is 5.10 Å². The Kier molecular flexibility index (Phi) is 1.86. The SMILES string of the molecule is Cn1cc(C(O)c2ccc[nH]2)nn1. The molecule has 0 saturated carbocycles. The molecule has 0 aliphatic rings. The number of rotatable bonds is 2. The first kappa shape index (κ1) is 8.00. The van der Waals surface area contributed by atoms with Crippen LogP contribution in [0.2, 0.25) is 0 Å². The molecule has 0 spiro atoms. The summed E-state index contributed by atoms with van der Waals surface area (Å²) in [5.41, 5.74) is 1.27. The Morgan fingerprint density at radius 1 is 1.62 bits per heavy atom. The van der Waals surface area contributed by atoms with Crippen molar-refractivity contribution in [2.24, 2.45) is 7.05 Å². The summed E-state index contributed by atoms with van der Waals surface area (Å²) in [7, 11) is 1.76. The summed E-state index contributed by atoms with van der Waals surface area (Å²) >= 11 is 0. The highest BCUT2D eigenvalue weighted by Gasteiger charge is 2.13. The monoisotopic (exact) mass is 178 g/mol. The molecule has 0 fully saturated rings. The van der Waals surface area contributed by atoms with Gasteiger partial charge in [0, 0.05) is 13.2 Å². The third kappa shape index (κ3) is 1.46. The molecule has 0 radical (unpaired) electrons. The summed E-state index contributed by atoms with van der Waals surface area (Å²) < 4.78 is 1.56. The molecule has 1 unspecified atom stereocenters. The van der Waals surface area contributed by atoms with E-state index < -0.39 is 6.10 Å². The normalized spacial score (nSPS) is 13.1. The number of aryl methyl sites for hydroxylation is 1. The zero-order valence-corrected chi connectivity index (χ0v) is 7.18. The van der Waals surface area contributed by atoms with Crippen LogP contribution in [0.3, 0.4) is 0 Å². The Labute approximate surface area is 75.0 Å². The Morgan fingerprint density at radius 2 is 2.46 bits per heavy atom. The van der Waals surface area contributed by atoms with Crippen molar-refractivity contribution in [1.29, 1.82) is 0 Å². The Morgan fingerprint density at radius 3 is 3.00 bits per heavy atom. The Balaban J connectivity index is 2.28. The number of H-pyrrole nitrogens is 1. The van der Waals surface area contributed by atoms with E-state index in [0.29, 0.717) is 5.69 Å². The van der Waals surface area contributed by atoms with Gasteiger partial charge in [-0.25, -0.2) is 0 Å². The number of aliphatic hydroxyl groups excluding tert-OH is 1. The first-order valence-corrected chi connectivity index (χ1v) is 3.95. The van der Waals surface area contributed by atoms with Crippen LogP contribution in [-0.2, 0) is 7.05 Å². The average molecular weight is 178 g/mol. The van der Waals surface area contributed by atoms with Crippen LogP contribution in [-0.4, -0.2) is 25.1 Å². The summed E-state index contributed by atoms with van der Waals surface area (Å²) in [5.74, 6) is 0. The molecule has 2 N–H and O–H groups in total. The second kappa shape index (κ2) is 3.02. The van der Waals surface area contributed by atoms with Crippen LogP contribution < -0.4 is 0 Å². The fourth-order valence-corrected chi connectivity index (χ4v) is 1.16. The molecule has 2 aromatic heterocycles. The largest absolute Gasteiger partial charge is 0.380 e. The van der Waals surface area contributed by atoms with E-state index in [4.69, 9.17) is 0 Å². The Hall–Kier alpha value is -1.62. The van der Waals surface area contributed by atoms with Crippen molar-refractivity contribution in [3.63, 3.8) is 0 Å². The van der Waals surface area contributed by atoms with Crippen LogP contribution in [0.1, 0.15) is 17.5 Å². The average Bonchev–Trinajstić information content (AvgIpc) is 2.72. The van der Waals surface area contributed by atoms with Crippen LogP contribution in [0.15, 0.2) is 24.5 Å². The highest BCUT2D eigenvalue weighted by Crippen LogP contribution is 2.16. The molecule has 2 rings (SSSR count). The number of nitrogens with zero attached hydrogens (tertiary/aromatic N) is 3. The molecular weight excluding hydrogens is 168 g/mol. The maximum absolute atomic E-state index is 9.75.